The number of urea groups is 1. The zero-order valence-corrected chi connectivity index (χ0v) is 12.6. The van der Waals surface area contributed by atoms with E-state index in [0.717, 1.165) is 18.4 Å². The summed E-state index contributed by atoms with van der Waals surface area (Å²) in [7, 11) is 0. The molecule has 0 radical (unpaired) electrons. The summed E-state index contributed by atoms with van der Waals surface area (Å²) in [6.45, 7) is 5.03. The van der Waals surface area contributed by atoms with Gasteiger partial charge in [0, 0.05) is 18.5 Å². The molecule has 1 fully saturated rings. The van der Waals surface area contributed by atoms with Gasteiger partial charge >= 0.3 is 6.03 Å². The van der Waals surface area contributed by atoms with Gasteiger partial charge in [-0.2, -0.15) is 0 Å². The molecule has 2 rings (SSSR count). The van der Waals surface area contributed by atoms with E-state index < -0.39 is 0 Å². The number of aliphatic hydroxyl groups is 1. The maximum atomic E-state index is 13.3. The molecule has 1 atom stereocenters. The summed E-state index contributed by atoms with van der Waals surface area (Å²) in [5.74, 6) is -0.271. The zero-order chi connectivity index (χ0) is 15.5. The Morgan fingerprint density at radius 2 is 2.29 bits per heavy atom. The topological polar surface area (TPSA) is 52.6 Å². The Bertz CT molecular complexity index is 505. The highest BCUT2D eigenvalue weighted by Gasteiger charge is 2.29. The quantitative estimate of drug-likeness (QED) is 0.895. The number of nitrogens with one attached hydrogen (secondary N) is 1. The summed E-state index contributed by atoms with van der Waals surface area (Å²) in [5.41, 5.74) is 0.495. The predicted octanol–water partition coefficient (Wildman–Crippen LogP) is 2.27. The molecule has 1 aliphatic heterocycles. The minimum atomic E-state index is -0.355. The molecule has 4 nitrogen and oxygen atoms in total. The highest BCUT2D eigenvalue weighted by atomic mass is 19.1. The summed E-state index contributed by atoms with van der Waals surface area (Å²) >= 11 is 0. The summed E-state index contributed by atoms with van der Waals surface area (Å²) in [6.07, 6.45) is 1.77. The number of nitrogens with zero attached hydrogens (tertiary/aromatic N) is 1. The maximum Gasteiger partial charge on any atom is 0.317 e. The lowest BCUT2D eigenvalue weighted by atomic mass is 9.84. The van der Waals surface area contributed by atoms with Crippen molar-refractivity contribution in [2.24, 2.45) is 0 Å². The van der Waals surface area contributed by atoms with Gasteiger partial charge in [0.15, 0.2) is 0 Å². The van der Waals surface area contributed by atoms with E-state index in [-0.39, 0.29) is 29.9 Å². The van der Waals surface area contributed by atoms with Gasteiger partial charge in [-0.3, -0.25) is 0 Å². The average Bonchev–Trinajstić information content (AvgIpc) is 2.93. The van der Waals surface area contributed by atoms with E-state index in [9.17, 15) is 14.3 Å². The number of likely N-dealkylation sites (tertiary alicyclic amines) is 1. The molecule has 0 aliphatic carbocycles. The number of aliphatic hydroxyl groups excluding tert-OH is 1. The first-order valence-corrected chi connectivity index (χ1v) is 7.35. The predicted molar refractivity (Wildman–Crippen MR) is 79.6 cm³/mol. The van der Waals surface area contributed by atoms with Crippen molar-refractivity contribution in [2.45, 2.75) is 38.1 Å². The van der Waals surface area contributed by atoms with Gasteiger partial charge < -0.3 is 15.3 Å². The minimum absolute atomic E-state index is 0.000704. The number of amides is 2. The van der Waals surface area contributed by atoms with Gasteiger partial charge in [-0.15, -0.1) is 0 Å². The summed E-state index contributed by atoms with van der Waals surface area (Å²) < 4.78 is 13.3. The Morgan fingerprint density at radius 3 is 2.95 bits per heavy atom. The van der Waals surface area contributed by atoms with Gasteiger partial charge in [0.05, 0.1) is 12.6 Å². The lowest BCUT2D eigenvalue weighted by Gasteiger charge is -2.29. The molecule has 0 saturated carbocycles. The van der Waals surface area contributed by atoms with Crippen LogP contribution in [0.5, 0.6) is 0 Å². The summed E-state index contributed by atoms with van der Waals surface area (Å²) in [5, 5.41) is 12.2. The number of carbonyl (C=O) groups excluding carboxylic acids is 1. The molecule has 1 heterocycles. The monoisotopic (exact) mass is 294 g/mol. The van der Waals surface area contributed by atoms with Crippen LogP contribution in [-0.4, -0.2) is 41.8 Å². The number of hydrogen-bond donors (Lipinski definition) is 2. The van der Waals surface area contributed by atoms with Crippen LogP contribution < -0.4 is 5.32 Å². The second-order valence-corrected chi connectivity index (χ2v) is 6.22. The van der Waals surface area contributed by atoms with Crippen LogP contribution in [-0.2, 0) is 5.41 Å². The van der Waals surface area contributed by atoms with Crippen molar-refractivity contribution in [2.75, 3.05) is 19.7 Å². The minimum Gasteiger partial charge on any atom is -0.394 e. The van der Waals surface area contributed by atoms with Crippen molar-refractivity contribution >= 4 is 6.03 Å². The van der Waals surface area contributed by atoms with Crippen LogP contribution in [0.2, 0.25) is 0 Å². The Morgan fingerprint density at radius 1 is 1.52 bits per heavy atom. The first kappa shape index (κ1) is 15.8. The van der Waals surface area contributed by atoms with Crippen LogP contribution in [0.15, 0.2) is 24.3 Å². The van der Waals surface area contributed by atoms with Crippen molar-refractivity contribution < 1.29 is 14.3 Å². The highest BCUT2D eigenvalue weighted by Crippen LogP contribution is 2.23. The number of carbonyl (C=O) groups is 1. The van der Waals surface area contributed by atoms with Crippen LogP contribution in [0, 0.1) is 5.82 Å². The van der Waals surface area contributed by atoms with Crippen LogP contribution >= 0.6 is 0 Å². The number of hydrogen-bond acceptors (Lipinski definition) is 2. The van der Waals surface area contributed by atoms with Crippen LogP contribution in [0.1, 0.15) is 32.3 Å². The second-order valence-electron chi connectivity index (χ2n) is 6.22. The van der Waals surface area contributed by atoms with Crippen LogP contribution in [0.3, 0.4) is 0 Å². The van der Waals surface area contributed by atoms with E-state index >= 15 is 0 Å². The third-order valence-electron chi connectivity index (χ3n) is 4.14. The molecular weight excluding hydrogens is 271 g/mol. The average molecular weight is 294 g/mol. The molecular formula is C16H23FN2O2. The SMILES string of the molecule is CC(C)(CNC(=O)N1CCCC1CO)c1cccc(F)c1. The summed E-state index contributed by atoms with van der Waals surface area (Å²) in [6, 6.07) is 6.21. The Kier molecular flexibility index (Phi) is 4.83. The Balaban J connectivity index is 1.96. The molecule has 21 heavy (non-hydrogen) atoms. The van der Waals surface area contributed by atoms with Gasteiger partial charge in [0.2, 0.25) is 0 Å². The Labute approximate surface area is 125 Å². The molecule has 1 aromatic carbocycles. The third-order valence-corrected chi connectivity index (χ3v) is 4.14. The van der Waals surface area contributed by atoms with Gasteiger partial charge in [0.25, 0.3) is 0 Å². The first-order valence-electron chi connectivity index (χ1n) is 7.35. The van der Waals surface area contributed by atoms with E-state index in [2.05, 4.69) is 5.32 Å². The molecule has 116 valence electrons. The molecule has 0 bridgehead atoms. The fraction of sp³-hybridized carbons (Fsp3) is 0.562. The summed E-state index contributed by atoms with van der Waals surface area (Å²) in [4.78, 5) is 13.9. The zero-order valence-electron chi connectivity index (χ0n) is 12.6. The molecule has 1 aromatic rings. The fourth-order valence-electron chi connectivity index (χ4n) is 2.70. The molecule has 1 aliphatic rings. The molecule has 0 spiro atoms. The molecule has 2 N–H and O–H groups in total. The van der Waals surface area contributed by atoms with Crippen LogP contribution in [0.25, 0.3) is 0 Å². The maximum absolute atomic E-state index is 13.3. The standard InChI is InChI=1S/C16H23FN2O2/c1-16(2,12-5-3-6-13(17)9-12)11-18-15(21)19-8-4-7-14(19)10-20/h3,5-6,9,14,20H,4,7-8,10-11H2,1-2H3,(H,18,21). The van der Waals surface area contributed by atoms with Gasteiger partial charge in [0.1, 0.15) is 5.82 Å². The van der Waals surface area contributed by atoms with Crippen LogP contribution in [0.4, 0.5) is 9.18 Å². The fourth-order valence-corrected chi connectivity index (χ4v) is 2.70. The number of halogens is 1. The van der Waals surface area contributed by atoms with Gasteiger partial charge in [-0.05, 0) is 30.5 Å². The first-order chi connectivity index (χ1) is 9.94. The lowest BCUT2D eigenvalue weighted by molar-refractivity contribution is 0.156. The largest absolute Gasteiger partial charge is 0.394 e. The smallest absolute Gasteiger partial charge is 0.317 e. The molecule has 0 aromatic heterocycles. The second kappa shape index (κ2) is 6.43. The number of benzene rings is 1. The lowest BCUT2D eigenvalue weighted by Crippen LogP contribution is -2.47. The molecule has 1 unspecified atom stereocenters. The number of rotatable bonds is 4. The van der Waals surface area contributed by atoms with Crippen molar-refractivity contribution in [3.63, 3.8) is 0 Å². The highest BCUT2D eigenvalue weighted by molar-refractivity contribution is 5.75. The van der Waals surface area contributed by atoms with Gasteiger partial charge in [-0.1, -0.05) is 26.0 Å². The van der Waals surface area contributed by atoms with E-state index in [0.29, 0.717) is 13.1 Å². The molecule has 5 heteroatoms. The van der Waals surface area contributed by atoms with Crippen molar-refractivity contribution in [1.29, 1.82) is 0 Å². The van der Waals surface area contributed by atoms with E-state index in [1.807, 2.05) is 19.9 Å². The van der Waals surface area contributed by atoms with E-state index in [1.54, 1.807) is 11.0 Å². The van der Waals surface area contributed by atoms with Crippen molar-refractivity contribution in [1.82, 2.24) is 10.2 Å². The van der Waals surface area contributed by atoms with Crippen molar-refractivity contribution in [3.8, 4) is 0 Å². The van der Waals surface area contributed by atoms with E-state index in [4.69, 9.17) is 0 Å². The third kappa shape index (κ3) is 3.73. The normalized spacial score (nSPS) is 18.9. The Hall–Kier alpha value is -1.62. The van der Waals surface area contributed by atoms with E-state index in [1.165, 1.54) is 12.1 Å². The van der Waals surface area contributed by atoms with Crippen molar-refractivity contribution in [3.05, 3.63) is 35.6 Å². The van der Waals surface area contributed by atoms with Gasteiger partial charge in [-0.25, -0.2) is 9.18 Å². The molecule has 1 saturated heterocycles. The molecule has 2 amide bonds.